The van der Waals surface area contributed by atoms with E-state index in [0.717, 1.165) is 51.4 Å². The molecule has 0 radical (unpaired) electrons. The van der Waals surface area contributed by atoms with Gasteiger partial charge in [-0.15, -0.1) is 0 Å². The number of allylic oxidation sites excluding steroid dienone is 10. The van der Waals surface area contributed by atoms with Crippen LogP contribution in [0.15, 0.2) is 72.9 Å². The average Bonchev–Trinajstić information content (AvgIpc) is 2.93. The SMILES string of the molecule is CC/C=C\C/C=C\CC(O)/C=C/C=C\C/C=C\C/C=C\CCC(=O)O[C@@H](CO)COC(=O)CCCCCCC. The van der Waals surface area contributed by atoms with E-state index in [1.54, 1.807) is 6.08 Å². The van der Waals surface area contributed by atoms with Gasteiger partial charge in [-0.2, -0.15) is 0 Å². The molecule has 39 heavy (non-hydrogen) atoms. The van der Waals surface area contributed by atoms with Gasteiger partial charge in [-0.05, 0) is 44.9 Å². The van der Waals surface area contributed by atoms with Gasteiger partial charge < -0.3 is 19.7 Å². The molecule has 0 aromatic carbocycles. The molecule has 0 saturated heterocycles. The van der Waals surface area contributed by atoms with Crippen molar-refractivity contribution in [2.45, 2.75) is 110 Å². The number of aliphatic hydroxyl groups is 2. The molecule has 2 atom stereocenters. The van der Waals surface area contributed by atoms with Gasteiger partial charge in [-0.1, -0.05) is 112 Å². The summed E-state index contributed by atoms with van der Waals surface area (Å²) in [7, 11) is 0. The Kier molecular flexibility index (Phi) is 26.4. The summed E-state index contributed by atoms with van der Waals surface area (Å²) < 4.78 is 10.3. The largest absolute Gasteiger partial charge is 0.462 e. The molecule has 6 nitrogen and oxygen atoms in total. The van der Waals surface area contributed by atoms with Crippen molar-refractivity contribution < 1.29 is 29.3 Å². The van der Waals surface area contributed by atoms with E-state index in [0.29, 0.717) is 19.3 Å². The van der Waals surface area contributed by atoms with Crippen LogP contribution in [0.4, 0.5) is 0 Å². The fourth-order valence-corrected chi connectivity index (χ4v) is 3.37. The van der Waals surface area contributed by atoms with Crippen LogP contribution in [0.25, 0.3) is 0 Å². The van der Waals surface area contributed by atoms with Gasteiger partial charge in [0.1, 0.15) is 6.61 Å². The number of ether oxygens (including phenoxy) is 2. The molecule has 0 bridgehead atoms. The predicted molar refractivity (Wildman–Crippen MR) is 160 cm³/mol. The summed E-state index contributed by atoms with van der Waals surface area (Å²) in [6, 6.07) is 0. The Labute approximate surface area is 236 Å². The molecular weight excluding hydrogens is 492 g/mol. The van der Waals surface area contributed by atoms with Crippen LogP contribution in [0.3, 0.4) is 0 Å². The van der Waals surface area contributed by atoms with Crippen LogP contribution < -0.4 is 0 Å². The third kappa shape index (κ3) is 26.7. The molecule has 0 saturated carbocycles. The molecule has 0 spiro atoms. The van der Waals surface area contributed by atoms with E-state index < -0.39 is 18.2 Å². The van der Waals surface area contributed by atoms with E-state index in [1.807, 2.05) is 36.5 Å². The van der Waals surface area contributed by atoms with Gasteiger partial charge in [-0.3, -0.25) is 9.59 Å². The molecule has 0 rings (SSSR count). The Morgan fingerprint density at radius 3 is 2.13 bits per heavy atom. The fourth-order valence-electron chi connectivity index (χ4n) is 3.37. The first kappa shape index (κ1) is 36.3. The van der Waals surface area contributed by atoms with Crippen molar-refractivity contribution in [3.05, 3.63) is 72.9 Å². The lowest BCUT2D eigenvalue weighted by molar-refractivity contribution is -0.161. The number of unbranched alkanes of at least 4 members (excludes halogenated alkanes) is 4. The van der Waals surface area contributed by atoms with E-state index in [9.17, 15) is 19.8 Å². The molecule has 1 unspecified atom stereocenters. The van der Waals surface area contributed by atoms with E-state index in [-0.39, 0.29) is 25.6 Å². The van der Waals surface area contributed by atoms with Crippen LogP contribution in [0.1, 0.15) is 97.3 Å². The number of rotatable bonds is 24. The minimum absolute atomic E-state index is 0.115. The Morgan fingerprint density at radius 2 is 1.41 bits per heavy atom. The summed E-state index contributed by atoms with van der Waals surface area (Å²) in [5, 5.41) is 19.3. The maximum Gasteiger partial charge on any atom is 0.306 e. The highest BCUT2D eigenvalue weighted by Gasteiger charge is 2.15. The number of carbonyl (C=O) groups is 2. The van der Waals surface area contributed by atoms with Crippen LogP contribution in [-0.4, -0.2) is 47.6 Å². The summed E-state index contributed by atoms with van der Waals surface area (Å²) >= 11 is 0. The fraction of sp³-hybridized carbons (Fsp3) is 0.576. The molecule has 0 aliphatic rings. The zero-order chi connectivity index (χ0) is 28.8. The molecule has 0 amide bonds. The van der Waals surface area contributed by atoms with Crippen molar-refractivity contribution in [2.24, 2.45) is 0 Å². The van der Waals surface area contributed by atoms with Crippen LogP contribution in [-0.2, 0) is 19.1 Å². The van der Waals surface area contributed by atoms with Gasteiger partial charge in [0.2, 0.25) is 0 Å². The van der Waals surface area contributed by atoms with Crippen LogP contribution >= 0.6 is 0 Å². The molecular formula is C33H52O6. The van der Waals surface area contributed by atoms with Crippen molar-refractivity contribution in [3.63, 3.8) is 0 Å². The molecule has 0 heterocycles. The van der Waals surface area contributed by atoms with Gasteiger partial charge >= 0.3 is 11.9 Å². The standard InChI is InChI=1S/C33H52O6/c1-3-5-7-9-17-20-24-30(35)25-21-18-14-12-10-11-13-15-19-23-27-33(37)39-31(28-34)29-38-32(36)26-22-16-8-6-4-2/h5,7,10-11,14-15,17-21,25,30-31,34-35H,3-4,6,8-9,12-13,16,22-24,26-29H2,1-2H3/b7-5-,11-10-,18-14-,19-15-,20-17-,25-21+/t30?,31-/m0/s1. The van der Waals surface area contributed by atoms with E-state index in [2.05, 4.69) is 44.2 Å². The van der Waals surface area contributed by atoms with Crippen LogP contribution in [0, 0.1) is 0 Å². The molecule has 0 aromatic rings. The van der Waals surface area contributed by atoms with Gasteiger partial charge in [-0.25, -0.2) is 0 Å². The Hall–Kier alpha value is -2.70. The molecule has 0 fully saturated rings. The molecule has 220 valence electrons. The van der Waals surface area contributed by atoms with Crippen molar-refractivity contribution >= 4 is 11.9 Å². The number of esters is 2. The summed E-state index contributed by atoms with van der Waals surface area (Å²) in [5.74, 6) is -0.745. The van der Waals surface area contributed by atoms with Crippen molar-refractivity contribution in [1.29, 1.82) is 0 Å². The summed E-state index contributed by atoms with van der Waals surface area (Å²) in [6.07, 6.45) is 33.1. The minimum Gasteiger partial charge on any atom is -0.462 e. The highest BCUT2D eigenvalue weighted by molar-refractivity contribution is 5.70. The third-order valence-electron chi connectivity index (χ3n) is 5.61. The second kappa shape index (κ2) is 28.3. The second-order valence-corrected chi connectivity index (χ2v) is 9.30. The zero-order valence-electron chi connectivity index (χ0n) is 24.2. The molecule has 2 N–H and O–H groups in total. The molecule has 0 aromatic heterocycles. The number of hydrogen-bond acceptors (Lipinski definition) is 6. The van der Waals surface area contributed by atoms with Gasteiger partial charge in [0.05, 0.1) is 12.7 Å². The van der Waals surface area contributed by atoms with Crippen molar-refractivity contribution in [1.82, 2.24) is 0 Å². The van der Waals surface area contributed by atoms with E-state index >= 15 is 0 Å². The topological polar surface area (TPSA) is 93.1 Å². The van der Waals surface area contributed by atoms with Crippen molar-refractivity contribution in [3.8, 4) is 0 Å². The smallest absolute Gasteiger partial charge is 0.306 e. The average molecular weight is 545 g/mol. The third-order valence-corrected chi connectivity index (χ3v) is 5.61. The van der Waals surface area contributed by atoms with E-state index in [4.69, 9.17) is 9.47 Å². The lowest BCUT2D eigenvalue weighted by Gasteiger charge is -2.15. The highest BCUT2D eigenvalue weighted by Crippen LogP contribution is 2.07. The van der Waals surface area contributed by atoms with Crippen LogP contribution in [0.5, 0.6) is 0 Å². The summed E-state index contributed by atoms with van der Waals surface area (Å²) in [6.45, 7) is 3.76. The van der Waals surface area contributed by atoms with Crippen molar-refractivity contribution in [2.75, 3.05) is 13.2 Å². The van der Waals surface area contributed by atoms with Gasteiger partial charge in [0.15, 0.2) is 6.10 Å². The number of aliphatic hydroxyl groups excluding tert-OH is 2. The quantitative estimate of drug-likeness (QED) is 0.0576. The van der Waals surface area contributed by atoms with E-state index in [1.165, 1.54) is 6.42 Å². The minimum atomic E-state index is -0.825. The Morgan fingerprint density at radius 1 is 0.744 bits per heavy atom. The maximum absolute atomic E-state index is 12.0. The lowest BCUT2D eigenvalue weighted by Crippen LogP contribution is -2.28. The summed E-state index contributed by atoms with van der Waals surface area (Å²) in [5.41, 5.74) is 0. The molecule has 0 aliphatic carbocycles. The zero-order valence-corrected chi connectivity index (χ0v) is 24.2. The first-order valence-electron chi connectivity index (χ1n) is 14.6. The molecule has 0 aliphatic heterocycles. The highest BCUT2D eigenvalue weighted by atomic mass is 16.6. The molecule has 6 heteroatoms. The Balaban J connectivity index is 3.90. The second-order valence-electron chi connectivity index (χ2n) is 9.30. The van der Waals surface area contributed by atoms with Gasteiger partial charge in [0.25, 0.3) is 0 Å². The normalized spacial score (nSPS) is 14.1. The Bertz CT molecular complexity index is 775. The monoisotopic (exact) mass is 544 g/mol. The summed E-state index contributed by atoms with van der Waals surface area (Å²) in [4.78, 5) is 23.8. The number of hydrogen-bond donors (Lipinski definition) is 2. The lowest BCUT2D eigenvalue weighted by atomic mass is 10.1. The predicted octanol–water partition coefficient (Wildman–Crippen LogP) is 7.24. The number of carbonyl (C=O) groups excluding carboxylic acids is 2. The maximum atomic E-state index is 12.0. The van der Waals surface area contributed by atoms with Gasteiger partial charge in [0, 0.05) is 12.8 Å². The first-order valence-corrected chi connectivity index (χ1v) is 14.6. The van der Waals surface area contributed by atoms with Crippen LogP contribution in [0.2, 0.25) is 0 Å². The first-order chi connectivity index (χ1) is 19.0.